The summed E-state index contributed by atoms with van der Waals surface area (Å²) >= 11 is 0. The van der Waals surface area contributed by atoms with Gasteiger partial charge in [0.05, 0.1) is 11.1 Å². The summed E-state index contributed by atoms with van der Waals surface area (Å²) in [5.74, 6) is -3.90. The molecule has 8 nitrogen and oxygen atoms in total. The third kappa shape index (κ3) is 2.82. The summed E-state index contributed by atoms with van der Waals surface area (Å²) in [6.07, 6.45) is 2.33. The summed E-state index contributed by atoms with van der Waals surface area (Å²) in [6, 6.07) is 5.18. The molecule has 2 bridgehead atoms. The molecule has 1 saturated carbocycles. The van der Waals surface area contributed by atoms with Crippen LogP contribution >= 0.6 is 0 Å². The van der Waals surface area contributed by atoms with Gasteiger partial charge in [-0.05, 0) is 37.1 Å². The molecule has 0 aromatic heterocycles. The zero-order valence-corrected chi connectivity index (χ0v) is 12.6. The van der Waals surface area contributed by atoms with Crippen LogP contribution in [0.25, 0.3) is 0 Å². The molecule has 126 valence electrons. The molecule has 0 unspecified atom stereocenters. The molecule has 2 heterocycles. The fourth-order valence-corrected chi connectivity index (χ4v) is 2.80. The van der Waals surface area contributed by atoms with E-state index < -0.39 is 29.3 Å². The zero-order valence-electron chi connectivity index (χ0n) is 12.6. The number of carbonyl (C=O) groups excluding carboxylic acids is 4. The zero-order chi connectivity index (χ0) is 17.2. The van der Waals surface area contributed by atoms with Gasteiger partial charge in [0.2, 0.25) is 0 Å². The van der Waals surface area contributed by atoms with Crippen molar-refractivity contribution in [1.29, 1.82) is 0 Å². The number of benzene rings is 1. The molecule has 1 fully saturated rings. The molecule has 24 heavy (non-hydrogen) atoms. The van der Waals surface area contributed by atoms with E-state index in [-0.39, 0.29) is 24.0 Å². The Bertz CT molecular complexity index is 632. The quantitative estimate of drug-likeness (QED) is 0.523. The summed E-state index contributed by atoms with van der Waals surface area (Å²) in [5, 5.41) is 0. The molecule has 0 saturated heterocycles. The van der Waals surface area contributed by atoms with Crippen molar-refractivity contribution in [2.75, 3.05) is 0 Å². The van der Waals surface area contributed by atoms with E-state index >= 15 is 0 Å². The Hall–Kier alpha value is -2.90. The fourth-order valence-electron chi connectivity index (χ4n) is 2.80. The third-order valence-corrected chi connectivity index (χ3v) is 4.23. The van der Waals surface area contributed by atoms with Crippen LogP contribution in [0, 0.1) is 5.41 Å². The van der Waals surface area contributed by atoms with Crippen molar-refractivity contribution in [3.05, 3.63) is 35.4 Å². The Morgan fingerprint density at radius 1 is 0.625 bits per heavy atom. The van der Waals surface area contributed by atoms with Crippen molar-refractivity contribution in [1.82, 2.24) is 0 Å². The Labute approximate surface area is 136 Å². The van der Waals surface area contributed by atoms with Gasteiger partial charge in [0.15, 0.2) is 5.41 Å². The van der Waals surface area contributed by atoms with Crippen molar-refractivity contribution in [3.63, 3.8) is 0 Å². The Morgan fingerprint density at radius 3 is 1.46 bits per heavy atom. The largest absolute Gasteiger partial charge is 0.386 e. The number of fused-ring (bicyclic) bond motifs is 8. The molecule has 0 N–H and O–H groups in total. The van der Waals surface area contributed by atoms with Crippen LogP contribution in [-0.2, 0) is 29.1 Å². The second-order valence-corrected chi connectivity index (χ2v) is 5.70. The van der Waals surface area contributed by atoms with E-state index in [1.807, 2.05) is 0 Å². The van der Waals surface area contributed by atoms with Gasteiger partial charge in [-0.3, -0.25) is 0 Å². The van der Waals surface area contributed by atoms with E-state index in [2.05, 4.69) is 19.6 Å². The highest BCUT2D eigenvalue weighted by Crippen LogP contribution is 2.39. The molecule has 1 aromatic rings. The maximum absolute atomic E-state index is 12.3. The molecule has 1 aromatic carbocycles. The van der Waals surface area contributed by atoms with Gasteiger partial charge in [-0.1, -0.05) is 19.3 Å². The van der Waals surface area contributed by atoms with Gasteiger partial charge >= 0.3 is 23.9 Å². The minimum absolute atomic E-state index is 0.0727. The van der Waals surface area contributed by atoms with Gasteiger partial charge < -0.3 is 0 Å². The van der Waals surface area contributed by atoms with Crippen LogP contribution in [0.15, 0.2) is 24.3 Å². The summed E-state index contributed by atoms with van der Waals surface area (Å²) in [6.45, 7) is 0. The van der Waals surface area contributed by atoms with Gasteiger partial charge in [-0.25, -0.2) is 38.7 Å². The number of rotatable bonds is 0. The van der Waals surface area contributed by atoms with Gasteiger partial charge in [0.25, 0.3) is 0 Å². The third-order valence-electron chi connectivity index (χ3n) is 4.23. The minimum atomic E-state index is -1.65. The van der Waals surface area contributed by atoms with Crippen LogP contribution < -0.4 is 0 Å². The number of hydrogen-bond acceptors (Lipinski definition) is 8. The normalized spacial score (nSPS) is 20.8. The molecule has 2 aliphatic heterocycles. The van der Waals surface area contributed by atoms with E-state index in [9.17, 15) is 19.2 Å². The molecule has 0 radical (unpaired) electrons. The Balaban J connectivity index is 1.93. The lowest BCUT2D eigenvalue weighted by molar-refractivity contribution is -0.264. The summed E-state index contributed by atoms with van der Waals surface area (Å²) in [4.78, 5) is 66.7. The number of carbonyl (C=O) groups is 4. The predicted octanol–water partition coefficient (Wildman–Crippen LogP) is 1.88. The van der Waals surface area contributed by atoms with Crippen LogP contribution in [0.1, 0.15) is 52.8 Å². The first kappa shape index (κ1) is 16.0. The molecule has 1 spiro atoms. The van der Waals surface area contributed by atoms with E-state index in [4.69, 9.17) is 0 Å². The molecule has 0 amide bonds. The average Bonchev–Trinajstić information content (AvgIpc) is 2.64. The second-order valence-electron chi connectivity index (χ2n) is 5.70. The lowest BCUT2D eigenvalue weighted by Crippen LogP contribution is -2.44. The van der Waals surface area contributed by atoms with Crippen molar-refractivity contribution < 1.29 is 38.7 Å². The Morgan fingerprint density at radius 2 is 1.04 bits per heavy atom. The van der Waals surface area contributed by atoms with Crippen LogP contribution in [-0.4, -0.2) is 23.9 Å². The minimum Gasteiger partial charge on any atom is -0.246 e. The highest BCUT2D eigenvalue weighted by atomic mass is 17.2. The second kappa shape index (κ2) is 6.31. The van der Waals surface area contributed by atoms with Crippen molar-refractivity contribution in [3.8, 4) is 0 Å². The van der Waals surface area contributed by atoms with E-state index in [1.54, 1.807) is 0 Å². The molecular formula is C16H14O8. The average molecular weight is 334 g/mol. The van der Waals surface area contributed by atoms with E-state index in [0.29, 0.717) is 12.8 Å². The smallest absolute Gasteiger partial charge is 0.246 e. The van der Waals surface area contributed by atoms with Gasteiger partial charge in [0, 0.05) is 0 Å². The van der Waals surface area contributed by atoms with E-state index in [1.165, 1.54) is 24.3 Å². The summed E-state index contributed by atoms with van der Waals surface area (Å²) < 4.78 is 0. The first-order chi connectivity index (χ1) is 11.5. The molecule has 0 atom stereocenters. The molecular weight excluding hydrogens is 320 g/mol. The lowest BCUT2D eigenvalue weighted by Gasteiger charge is -2.30. The summed E-state index contributed by atoms with van der Waals surface area (Å²) in [5.41, 5.74) is -1.51. The van der Waals surface area contributed by atoms with Crippen LogP contribution in [0.5, 0.6) is 0 Å². The monoisotopic (exact) mass is 334 g/mol. The number of hydrogen-bond donors (Lipinski definition) is 0. The highest BCUT2D eigenvalue weighted by molar-refractivity contribution is 6.01. The van der Waals surface area contributed by atoms with Crippen molar-refractivity contribution in [2.45, 2.75) is 32.1 Å². The van der Waals surface area contributed by atoms with Gasteiger partial charge in [-0.15, -0.1) is 0 Å². The molecule has 1 aliphatic carbocycles. The highest BCUT2D eigenvalue weighted by Gasteiger charge is 2.52. The van der Waals surface area contributed by atoms with Gasteiger partial charge in [0.1, 0.15) is 0 Å². The topological polar surface area (TPSA) is 105 Å². The molecule has 4 rings (SSSR count). The fraction of sp³-hybridized carbons (Fsp3) is 0.375. The van der Waals surface area contributed by atoms with Crippen LogP contribution in [0.3, 0.4) is 0 Å². The maximum atomic E-state index is 12.3. The van der Waals surface area contributed by atoms with Crippen molar-refractivity contribution >= 4 is 23.9 Å². The standard InChI is InChI=1S/C16H14O8/c17-12-10-4-5-11(7-6-10)13(18)22-24-15(20)16(14(19)23-21-12)8-2-1-3-9-16/h4-7H,1-3,8-9H2. The first-order valence-electron chi connectivity index (χ1n) is 7.49. The molecule has 8 heteroatoms. The predicted molar refractivity (Wildman–Crippen MR) is 75.0 cm³/mol. The maximum Gasteiger partial charge on any atom is 0.386 e. The molecule has 3 aliphatic rings. The first-order valence-corrected chi connectivity index (χ1v) is 7.49. The van der Waals surface area contributed by atoms with Crippen LogP contribution in [0.4, 0.5) is 0 Å². The summed E-state index contributed by atoms with van der Waals surface area (Å²) in [7, 11) is 0. The Kier molecular flexibility index (Phi) is 4.20. The SMILES string of the molecule is O=C1OOC(=O)C2(CCCCC2)C(=O)OOC(=O)c2ccc1cc2. The van der Waals surface area contributed by atoms with Gasteiger partial charge in [-0.2, -0.15) is 0 Å². The van der Waals surface area contributed by atoms with E-state index in [0.717, 1.165) is 6.42 Å². The lowest BCUT2D eigenvalue weighted by atomic mass is 9.74. The van der Waals surface area contributed by atoms with Crippen LogP contribution in [0.2, 0.25) is 0 Å². The van der Waals surface area contributed by atoms with Crippen molar-refractivity contribution in [2.24, 2.45) is 5.41 Å².